The Balaban J connectivity index is 0.00000200. The highest BCUT2D eigenvalue weighted by Gasteiger charge is 2.27. The highest BCUT2D eigenvalue weighted by molar-refractivity contribution is 5.85. The van der Waals surface area contributed by atoms with Gasteiger partial charge in [-0.1, -0.05) is 45.0 Å². The van der Waals surface area contributed by atoms with Crippen molar-refractivity contribution in [1.29, 1.82) is 0 Å². The number of rotatable bonds is 3. The standard InChI is InChI=1S/C17H28N2.ClH/c1-13-9-15(10-18)12-19(13)11-14-5-7-16(8-6-14)17(2,3)4;/h5-8,13,15H,9-12,18H2,1-4H3;1H. The minimum Gasteiger partial charge on any atom is -0.330 e. The van der Waals surface area contributed by atoms with Crippen LogP contribution in [0.25, 0.3) is 0 Å². The van der Waals surface area contributed by atoms with Crippen molar-refractivity contribution >= 4 is 12.4 Å². The zero-order valence-corrected chi connectivity index (χ0v) is 14.0. The molecule has 2 rings (SSSR count). The lowest BCUT2D eigenvalue weighted by Crippen LogP contribution is -2.27. The number of nitrogens with zero attached hydrogens (tertiary/aromatic N) is 1. The van der Waals surface area contributed by atoms with Crippen LogP contribution in [0.15, 0.2) is 24.3 Å². The zero-order chi connectivity index (χ0) is 14.0. The molecule has 1 aromatic rings. The summed E-state index contributed by atoms with van der Waals surface area (Å²) in [6, 6.07) is 9.77. The molecule has 114 valence electrons. The average Bonchev–Trinajstić information content (AvgIpc) is 2.70. The lowest BCUT2D eigenvalue weighted by Gasteiger charge is -2.23. The van der Waals surface area contributed by atoms with Gasteiger partial charge in [0.1, 0.15) is 0 Å². The summed E-state index contributed by atoms with van der Waals surface area (Å²) in [4.78, 5) is 2.56. The van der Waals surface area contributed by atoms with Crippen LogP contribution < -0.4 is 5.73 Å². The van der Waals surface area contributed by atoms with Crippen LogP contribution >= 0.6 is 12.4 Å². The predicted octanol–water partition coefficient (Wildman–Crippen LogP) is 3.58. The van der Waals surface area contributed by atoms with Gasteiger partial charge in [0.25, 0.3) is 0 Å². The van der Waals surface area contributed by atoms with Crippen LogP contribution in [-0.2, 0) is 12.0 Å². The topological polar surface area (TPSA) is 29.3 Å². The van der Waals surface area contributed by atoms with E-state index in [9.17, 15) is 0 Å². The van der Waals surface area contributed by atoms with Gasteiger partial charge >= 0.3 is 0 Å². The van der Waals surface area contributed by atoms with Crippen molar-refractivity contribution in [2.45, 2.75) is 52.1 Å². The van der Waals surface area contributed by atoms with Crippen molar-refractivity contribution in [3.8, 4) is 0 Å². The van der Waals surface area contributed by atoms with Crippen LogP contribution in [0.5, 0.6) is 0 Å². The van der Waals surface area contributed by atoms with E-state index in [0.717, 1.165) is 19.6 Å². The van der Waals surface area contributed by atoms with Gasteiger partial charge in [-0.15, -0.1) is 12.4 Å². The molecule has 0 aliphatic carbocycles. The van der Waals surface area contributed by atoms with E-state index in [0.29, 0.717) is 12.0 Å². The van der Waals surface area contributed by atoms with Crippen LogP contribution in [0.3, 0.4) is 0 Å². The van der Waals surface area contributed by atoms with Gasteiger partial charge in [0, 0.05) is 19.1 Å². The van der Waals surface area contributed by atoms with Crippen molar-refractivity contribution in [1.82, 2.24) is 4.90 Å². The fourth-order valence-corrected chi connectivity index (χ4v) is 2.95. The predicted molar refractivity (Wildman–Crippen MR) is 89.4 cm³/mol. The van der Waals surface area contributed by atoms with Gasteiger partial charge in [0.2, 0.25) is 0 Å². The molecule has 0 aromatic heterocycles. The van der Waals surface area contributed by atoms with Gasteiger partial charge in [0.05, 0.1) is 0 Å². The summed E-state index contributed by atoms with van der Waals surface area (Å²) in [5.74, 6) is 0.684. The van der Waals surface area contributed by atoms with Crippen LogP contribution in [0.2, 0.25) is 0 Å². The van der Waals surface area contributed by atoms with Crippen LogP contribution in [0, 0.1) is 5.92 Å². The highest BCUT2D eigenvalue weighted by atomic mass is 35.5. The first-order valence-corrected chi connectivity index (χ1v) is 7.43. The largest absolute Gasteiger partial charge is 0.330 e. The summed E-state index contributed by atoms with van der Waals surface area (Å²) in [6.45, 7) is 12.1. The second kappa shape index (κ2) is 6.93. The van der Waals surface area contributed by atoms with Gasteiger partial charge in [-0.05, 0) is 42.3 Å². The average molecular weight is 297 g/mol. The molecule has 2 N–H and O–H groups in total. The molecule has 1 aliphatic rings. The first kappa shape index (κ1) is 17.5. The summed E-state index contributed by atoms with van der Waals surface area (Å²) in [5.41, 5.74) is 8.86. The number of halogens is 1. The van der Waals surface area contributed by atoms with E-state index >= 15 is 0 Å². The van der Waals surface area contributed by atoms with Gasteiger partial charge in [-0.25, -0.2) is 0 Å². The number of nitrogens with two attached hydrogens (primary N) is 1. The SMILES string of the molecule is CC1CC(CN)CN1Cc1ccc(C(C)(C)C)cc1.Cl. The summed E-state index contributed by atoms with van der Waals surface area (Å²) >= 11 is 0. The van der Waals surface area contributed by atoms with Crippen molar-refractivity contribution < 1.29 is 0 Å². The molecule has 1 aromatic carbocycles. The Kier molecular flexibility index (Phi) is 6.06. The lowest BCUT2D eigenvalue weighted by molar-refractivity contribution is 0.256. The zero-order valence-electron chi connectivity index (χ0n) is 13.2. The van der Waals surface area contributed by atoms with Crippen LogP contribution in [0.1, 0.15) is 45.2 Å². The quantitative estimate of drug-likeness (QED) is 0.924. The number of hydrogen-bond donors (Lipinski definition) is 1. The maximum Gasteiger partial charge on any atom is 0.0236 e. The molecule has 1 heterocycles. The Labute approximate surface area is 130 Å². The van der Waals surface area contributed by atoms with Crippen molar-refractivity contribution in [3.05, 3.63) is 35.4 Å². The van der Waals surface area contributed by atoms with E-state index < -0.39 is 0 Å². The monoisotopic (exact) mass is 296 g/mol. The smallest absolute Gasteiger partial charge is 0.0236 e. The molecule has 0 radical (unpaired) electrons. The number of likely N-dealkylation sites (tertiary alicyclic amines) is 1. The molecule has 3 heteroatoms. The molecule has 1 fully saturated rings. The molecule has 0 bridgehead atoms. The normalized spacial score (nSPS) is 23.6. The van der Waals surface area contributed by atoms with E-state index in [1.807, 2.05) is 0 Å². The third-order valence-corrected chi connectivity index (χ3v) is 4.33. The molecule has 0 spiro atoms. The molecular weight excluding hydrogens is 268 g/mol. The molecular formula is C17H29ClN2. The number of hydrogen-bond acceptors (Lipinski definition) is 2. The molecule has 2 unspecified atom stereocenters. The van der Waals surface area contributed by atoms with E-state index in [4.69, 9.17) is 5.73 Å². The van der Waals surface area contributed by atoms with E-state index in [-0.39, 0.29) is 17.8 Å². The summed E-state index contributed by atoms with van der Waals surface area (Å²) < 4.78 is 0. The fraction of sp³-hybridized carbons (Fsp3) is 0.647. The minimum atomic E-state index is 0. The van der Waals surface area contributed by atoms with Gasteiger partial charge in [-0.2, -0.15) is 0 Å². The summed E-state index contributed by atoms with van der Waals surface area (Å²) in [7, 11) is 0. The van der Waals surface area contributed by atoms with E-state index in [1.54, 1.807) is 0 Å². The van der Waals surface area contributed by atoms with Gasteiger partial charge < -0.3 is 5.73 Å². The third-order valence-electron chi connectivity index (χ3n) is 4.33. The molecule has 1 aliphatic heterocycles. The van der Waals surface area contributed by atoms with E-state index in [1.165, 1.54) is 17.5 Å². The molecule has 2 atom stereocenters. The Morgan fingerprint density at radius 2 is 1.80 bits per heavy atom. The maximum absolute atomic E-state index is 5.79. The highest BCUT2D eigenvalue weighted by Crippen LogP contribution is 2.26. The molecule has 0 saturated carbocycles. The molecule has 0 amide bonds. The molecule has 20 heavy (non-hydrogen) atoms. The van der Waals surface area contributed by atoms with E-state index in [2.05, 4.69) is 56.9 Å². The summed E-state index contributed by atoms with van der Waals surface area (Å²) in [5, 5.41) is 0. The van der Waals surface area contributed by atoms with Crippen LogP contribution in [-0.4, -0.2) is 24.0 Å². The second-order valence-electron chi connectivity index (χ2n) is 7.06. The molecule has 2 nitrogen and oxygen atoms in total. The first-order valence-electron chi connectivity index (χ1n) is 7.43. The first-order chi connectivity index (χ1) is 8.90. The van der Waals surface area contributed by atoms with Crippen molar-refractivity contribution in [2.75, 3.05) is 13.1 Å². The minimum absolute atomic E-state index is 0. The van der Waals surface area contributed by atoms with Crippen molar-refractivity contribution in [3.63, 3.8) is 0 Å². The molecule has 1 saturated heterocycles. The second-order valence-corrected chi connectivity index (χ2v) is 7.06. The Bertz CT molecular complexity index is 408. The lowest BCUT2D eigenvalue weighted by atomic mass is 9.87. The third kappa shape index (κ3) is 4.21. The Hall–Kier alpha value is -0.570. The Morgan fingerprint density at radius 1 is 1.20 bits per heavy atom. The maximum atomic E-state index is 5.79. The van der Waals surface area contributed by atoms with Crippen molar-refractivity contribution in [2.24, 2.45) is 11.7 Å². The Morgan fingerprint density at radius 3 is 2.25 bits per heavy atom. The number of benzene rings is 1. The van der Waals surface area contributed by atoms with Crippen LogP contribution in [0.4, 0.5) is 0 Å². The fourth-order valence-electron chi connectivity index (χ4n) is 2.95. The van der Waals surface area contributed by atoms with Gasteiger partial charge in [0.15, 0.2) is 0 Å². The summed E-state index contributed by atoms with van der Waals surface area (Å²) in [6.07, 6.45) is 1.25. The van der Waals surface area contributed by atoms with Gasteiger partial charge in [-0.3, -0.25) is 4.90 Å².